The molecule has 1 aliphatic rings. The Morgan fingerprint density at radius 2 is 1.86 bits per heavy atom. The number of hydrogen-bond acceptors (Lipinski definition) is 3. The zero-order chi connectivity index (χ0) is 15.2. The minimum atomic E-state index is 0.569. The van der Waals surface area contributed by atoms with Crippen molar-refractivity contribution in [1.29, 1.82) is 0 Å². The van der Waals surface area contributed by atoms with E-state index in [1.165, 1.54) is 0 Å². The predicted molar refractivity (Wildman–Crippen MR) is 90.4 cm³/mol. The first-order chi connectivity index (χ1) is 10.8. The Morgan fingerprint density at radius 1 is 1.05 bits per heavy atom. The number of nitrogens with zero attached hydrogens (tertiary/aromatic N) is 1. The molecular weight excluding hydrogens is 296 g/mol. The molecule has 2 aromatic carbocycles. The number of benzene rings is 2. The molecule has 0 spiro atoms. The van der Waals surface area contributed by atoms with E-state index in [-0.39, 0.29) is 0 Å². The quantitative estimate of drug-likeness (QED) is 0.911. The lowest BCUT2D eigenvalue weighted by molar-refractivity contribution is 0.107. The van der Waals surface area contributed by atoms with Gasteiger partial charge in [-0.25, -0.2) is 0 Å². The summed E-state index contributed by atoms with van der Waals surface area (Å²) in [6, 6.07) is 16.0. The molecule has 1 N–H and O–H groups in total. The first-order valence-corrected chi connectivity index (χ1v) is 7.89. The van der Waals surface area contributed by atoms with E-state index in [1.54, 1.807) is 0 Å². The van der Waals surface area contributed by atoms with Crippen LogP contribution >= 0.6 is 11.6 Å². The highest BCUT2D eigenvalue weighted by Gasteiger charge is 2.11. The third-order valence-electron chi connectivity index (χ3n) is 3.61. The molecule has 2 aromatic rings. The minimum Gasteiger partial charge on any atom is -0.372 e. The van der Waals surface area contributed by atoms with E-state index < -0.39 is 0 Å². The van der Waals surface area contributed by atoms with Gasteiger partial charge in [0.15, 0.2) is 0 Å². The lowest BCUT2D eigenvalue weighted by Crippen LogP contribution is -2.31. The molecule has 3 nitrogen and oxygen atoms in total. The van der Waals surface area contributed by atoms with Crippen molar-refractivity contribution in [3.8, 4) is 0 Å². The van der Waals surface area contributed by atoms with Crippen molar-refractivity contribution in [3.63, 3.8) is 0 Å². The number of halogens is 1. The van der Waals surface area contributed by atoms with Crippen LogP contribution < -0.4 is 5.32 Å². The summed E-state index contributed by atoms with van der Waals surface area (Å²) in [7, 11) is 0. The monoisotopic (exact) mass is 314 g/mol. The van der Waals surface area contributed by atoms with Gasteiger partial charge in [0.1, 0.15) is 5.84 Å². The highest BCUT2D eigenvalue weighted by Crippen LogP contribution is 2.15. The second kappa shape index (κ2) is 7.43. The molecule has 3 rings (SSSR count). The van der Waals surface area contributed by atoms with Crippen LogP contribution in [0, 0.1) is 0 Å². The molecular formula is C18H19ClN2O. The van der Waals surface area contributed by atoms with Crippen molar-refractivity contribution in [3.05, 3.63) is 70.2 Å². The van der Waals surface area contributed by atoms with Crippen molar-refractivity contribution in [2.45, 2.75) is 19.6 Å². The average molecular weight is 315 g/mol. The van der Waals surface area contributed by atoms with Gasteiger partial charge in [-0.3, -0.25) is 4.99 Å². The van der Waals surface area contributed by atoms with Crippen LogP contribution in [-0.2, 0) is 18.0 Å². The van der Waals surface area contributed by atoms with Gasteiger partial charge in [0, 0.05) is 23.7 Å². The molecule has 22 heavy (non-hydrogen) atoms. The summed E-state index contributed by atoms with van der Waals surface area (Å²) >= 11 is 5.89. The summed E-state index contributed by atoms with van der Waals surface area (Å²) in [5, 5.41) is 4.12. The SMILES string of the molecule is Clc1ccc(COCc2ccccc2C2=NCCCN2)cc1. The molecule has 114 valence electrons. The van der Waals surface area contributed by atoms with Crippen molar-refractivity contribution in [1.82, 2.24) is 5.32 Å². The van der Waals surface area contributed by atoms with Crippen molar-refractivity contribution >= 4 is 17.4 Å². The number of ether oxygens (including phenoxy) is 1. The van der Waals surface area contributed by atoms with Gasteiger partial charge in [0.2, 0.25) is 0 Å². The van der Waals surface area contributed by atoms with Gasteiger partial charge in [-0.15, -0.1) is 0 Å². The Bertz CT molecular complexity index is 652. The topological polar surface area (TPSA) is 33.6 Å². The van der Waals surface area contributed by atoms with Crippen LogP contribution in [0.3, 0.4) is 0 Å². The summed E-state index contributed by atoms with van der Waals surface area (Å²) in [5.74, 6) is 0.983. The maximum atomic E-state index is 5.89. The normalized spacial score (nSPS) is 14.3. The van der Waals surface area contributed by atoms with E-state index in [0.717, 1.165) is 47.1 Å². The van der Waals surface area contributed by atoms with Crippen LogP contribution in [0.15, 0.2) is 53.5 Å². The summed E-state index contributed by atoms with van der Waals surface area (Å²) in [6.45, 7) is 3.02. The van der Waals surface area contributed by atoms with E-state index in [9.17, 15) is 0 Å². The van der Waals surface area contributed by atoms with Gasteiger partial charge in [0.25, 0.3) is 0 Å². The van der Waals surface area contributed by atoms with Crippen LogP contribution in [-0.4, -0.2) is 18.9 Å². The fraction of sp³-hybridized carbons (Fsp3) is 0.278. The highest BCUT2D eigenvalue weighted by molar-refractivity contribution is 6.30. The second-order valence-electron chi connectivity index (χ2n) is 5.29. The molecule has 0 radical (unpaired) electrons. The summed E-state index contributed by atoms with van der Waals surface area (Å²) in [5.41, 5.74) is 3.41. The van der Waals surface area contributed by atoms with Crippen LogP contribution in [0.5, 0.6) is 0 Å². The first-order valence-electron chi connectivity index (χ1n) is 7.52. The lowest BCUT2D eigenvalue weighted by Gasteiger charge is -2.17. The van der Waals surface area contributed by atoms with Crippen LogP contribution in [0.2, 0.25) is 5.02 Å². The number of aliphatic imine (C=N–C) groups is 1. The Hall–Kier alpha value is -1.84. The molecule has 0 bridgehead atoms. The third kappa shape index (κ3) is 3.87. The third-order valence-corrected chi connectivity index (χ3v) is 3.86. The van der Waals surface area contributed by atoms with Gasteiger partial charge in [0.05, 0.1) is 13.2 Å². The molecule has 1 heterocycles. The Balaban J connectivity index is 1.65. The second-order valence-corrected chi connectivity index (χ2v) is 5.72. The maximum absolute atomic E-state index is 5.89. The Labute approximate surface area is 136 Å². The zero-order valence-electron chi connectivity index (χ0n) is 12.4. The molecule has 1 aliphatic heterocycles. The fourth-order valence-electron chi connectivity index (χ4n) is 2.45. The van der Waals surface area contributed by atoms with Gasteiger partial charge in [-0.05, 0) is 29.7 Å². The van der Waals surface area contributed by atoms with E-state index in [1.807, 2.05) is 36.4 Å². The Morgan fingerprint density at radius 3 is 2.64 bits per heavy atom. The van der Waals surface area contributed by atoms with Crippen molar-refractivity contribution in [2.75, 3.05) is 13.1 Å². The first kappa shape index (κ1) is 15.1. The number of amidine groups is 1. The molecule has 0 saturated heterocycles. The minimum absolute atomic E-state index is 0.569. The van der Waals surface area contributed by atoms with E-state index in [2.05, 4.69) is 22.4 Å². The molecule has 0 aromatic heterocycles. The van der Waals surface area contributed by atoms with E-state index >= 15 is 0 Å². The lowest BCUT2D eigenvalue weighted by atomic mass is 10.1. The highest BCUT2D eigenvalue weighted by atomic mass is 35.5. The van der Waals surface area contributed by atoms with Crippen molar-refractivity contribution in [2.24, 2.45) is 4.99 Å². The molecule has 0 unspecified atom stereocenters. The molecule has 0 amide bonds. The zero-order valence-corrected chi connectivity index (χ0v) is 13.1. The van der Waals surface area contributed by atoms with E-state index in [4.69, 9.17) is 16.3 Å². The largest absolute Gasteiger partial charge is 0.372 e. The van der Waals surface area contributed by atoms with Gasteiger partial charge >= 0.3 is 0 Å². The maximum Gasteiger partial charge on any atom is 0.128 e. The van der Waals surface area contributed by atoms with Gasteiger partial charge in [-0.1, -0.05) is 48.0 Å². The van der Waals surface area contributed by atoms with Crippen LogP contribution in [0.25, 0.3) is 0 Å². The number of nitrogens with one attached hydrogen (secondary N) is 1. The predicted octanol–water partition coefficient (Wildman–Crippen LogP) is 3.80. The fourth-order valence-corrected chi connectivity index (χ4v) is 2.58. The standard InChI is InChI=1S/C18H19ClN2O/c19-16-8-6-14(7-9-16)12-22-13-15-4-1-2-5-17(15)18-20-10-3-11-21-18/h1-2,4-9H,3,10-13H2,(H,20,21). The summed E-state index contributed by atoms with van der Waals surface area (Å²) < 4.78 is 5.85. The van der Waals surface area contributed by atoms with Gasteiger partial charge in [-0.2, -0.15) is 0 Å². The smallest absolute Gasteiger partial charge is 0.128 e. The van der Waals surface area contributed by atoms with E-state index in [0.29, 0.717) is 13.2 Å². The van der Waals surface area contributed by atoms with Gasteiger partial charge < -0.3 is 10.1 Å². The number of rotatable bonds is 5. The Kier molecular flexibility index (Phi) is 5.09. The van der Waals surface area contributed by atoms with Crippen LogP contribution in [0.4, 0.5) is 0 Å². The molecule has 0 fully saturated rings. The van der Waals surface area contributed by atoms with Crippen molar-refractivity contribution < 1.29 is 4.74 Å². The average Bonchev–Trinajstić information content (AvgIpc) is 2.58. The molecule has 0 saturated carbocycles. The number of hydrogen-bond donors (Lipinski definition) is 1. The van der Waals surface area contributed by atoms with Crippen LogP contribution in [0.1, 0.15) is 23.1 Å². The summed E-state index contributed by atoms with van der Waals surface area (Å²) in [4.78, 5) is 4.57. The summed E-state index contributed by atoms with van der Waals surface area (Å²) in [6.07, 6.45) is 1.10. The molecule has 0 atom stereocenters. The molecule has 4 heteroatoms. The molecule has 0 aliphatic carbocycles.